The van der Waals surface area contributed by atoms with Gasteiger partial charge in [0.15, 0.2) is 0 Å². The molecule has 0 unspecified atom stereocenters. The lowest BCUT2D eigenvalue weighted by Crippen LogP contribution is -2.25. The van der Waals surface area contributed by atoms with Crippen LogP contribution in [0.15, 0.2) is 22.6 Å². The molecule has 0 saturated heterocycles. The molecular weight excluding hydrogens is 232 g/mol. The quantitative estimate of drug-likeness (QED) is 0.583. The molecule has 0 bridgehead atoms. The first-order valence-corrected chi connectivity index (χ1v) is 5.82. The molecule has 0 aromatic heterocycles. The van der Waals surface area contributed by atoms with E-state index < -0.39 is 27.7 Å². The van der Waals surface area contributed by atoms with Gasteiger partial charge >= 0.3 is 0 Å². The summed E-state index contributed by atoms with van der Waals surface area (Å²) in [5.74, 6) is -1.36. The molecular formula is C11H13F2NOS. The monoisotopic (exact) mass is 245 g/mol. The van der Waals surface area contributed by atoms with Crippen molar-refractivity contribution in [1.82, 2.24) is 0 Å². The highest BCUT2D eigenvalue weighted by Gasteiger charge is 2.25. The molecule has 0 radical (unpaired) electrons. The Balaban J connectivity index is 2.85. The van der Waals surface area contributed by atoms with Gasteiger partial charge in [-0.3, -0.25) is 0 Å². The predicted molar refractivity (Wildman–Crippen MR) is 61.8 cm³/mol. The first-order valence-electron chi connectivity index (χ1n) is 4.72. The third-order valence-corrected chi connectivity index (χ3v) is 3.12. The molecule has 0 heterocycles. The molecule has 0 saturated carbocycles. The fourth-order valence-electron chi connectivity index (χ4n) is 0.869. The Hall–Kier alpha value is -0.940. The summed E-state index contributed by atoms with van der Waals surface area (Å²) in [5, 5.41) is 0. The molecule has 88 valence electrons. The van der Waals surface area contributed by atoms with E-state index in [9.17, 15) is 13.3 Å². The minimum atomic E-state index is -1.44. The number of benzene rings is 1. The zero-order valence-corrected chi connectivity index (χ0v) is 10.1. The van der Waals surface area contributed by atoms with E-state index in [-0.39, 0.29) is 5.56 Å². The van der Waals surface area contributed by atoms with Gasteiger partial charge in [0.1, 0.15) is 27.7 Å². The van der Waals surface area contributed by atoms with Gasteiger partial charge in [-0.05, 0) is 32.9 Å². The first kappa shape index (κ1) is 13.1. The Bertz CT molecular complexity index is 401. The van der Waals surface area contributed by atoms with Gasteiger partial charge in [0.05, 0.1) is 6.21 Å². The Labute approximate surface area is 96.7 Å². The summed E-state index contributed by atoms with van der Waals surface area (Å²) in [6.07, 6.45) is 1.16. The lowest BCUT2D eigenvalue weighted by Gasteiger charge is -2.17. The van der Waals surface area contributed by atoms with Gasteiger partial charge in [-0.1, -0.05) is 4.40 Å². The molecule has 16 heavy (non-hydrogen) atoms. The minimum absolute atomic E-state index is 0.124. The van der Waals surface area contributed by atoms with E-state index in [4.69, 9.17) is 0 Å². The largest absolute Gasteiger partial charge is 0.591 e. The fraction of sp³-hybridized carbons (Fsp3) is 0.364. The number of hydrogen-bond acceptors (Lipinski definition) is 2. The van der Waals surface area contributed by atoms with E-state index in [1.54, 1.807) is 20.8 Å². The van der Waals surface area contributed by atoms with E-state index >= 15 is 0 Å². The third kappa shape index (κ3) is 3.57. The van der Waals surface area contributed by atoms with Crippen molar-refractivity contribution in [2.24, 2.45) is 4.40 Å². The smallest absolute Gasteiger partial charge is 0.144 e. The van der Waals surface area contributed by atoms with Gasteiger partial charge in [-0.15, -0.1) is 0 Å². The first-order chi connectivity index (χ1) is 7.30. The standard InChI is InChI=1S/C11H13F2NOS/c1-11(2,3)16(15)14-7-8-4-5-9(12)6-10(8)13/h4-7H,1-3H3/t16-/m1/s1. The van der Waals surface area contributed by atoms with Crippen LogP contribution in [0.1, 0.15) is 26.3 Å². The van der Waals surface area contributed by atoms with Crippen molar-refractivity contribution in [1.29, 1.82) is 0 Å². The van der Waals surface area contributed by atoms with Gasteiger partial charge in [0.25, 0.3) is 0 Å². The second kappa shape index (κ2) is 4.93. The molecule has 0 fully saturated rings. The zero-order chi connectivity index (χ0) is 12.3. The van der Waals surface area contributed by atoms with Crippen LogP contribution in [0.25, 0.3) is 0 Å². The molecule has 0 N–H and O–H groups in total. The van der Waals surface area contributed by atoms with Gasteiger partial charge in [-0.25, -0.2) is 8.78 Å². The molecule has 5 heteroatoms. The van der Waals surface area contributed by atoms with Crippen LogP contribution in [-0.4, -0.2) is 15.5 Å². The van der Waals surface area contributed by atoms with Crippen molar-refractivity contribution >= 4 is 17.6 Å². The fourth-order valence-corrected chi connectivity index (χ4v) is 1.39. The Morgan fingerprint density at radius 2 is 1.94 bits per heavy atom. The summed E-state index contributed by atoms with van der Waals surface area (Å²) in [5.41, 5.74) is 0.124. The highest BCUT2D eigenvalue weighted by atomic mass is 32.2. The highest BCUT2D eigenvalue weighted by Crippen LogP contribution is 2.17. The average Bonchev–Trinajstić information content (AvgIpc) is 2.14. The van der Waals surface area contributed by atoms with Crippen LogP contribution in [0.3, 0.4) is 0 Å². The van der Waals surface area contributed by atoms with E-state index in [0.29, 0.717) is 0 Å². The molecule has 0 amide bonds. The Morgan fingerprint density at radius 1 is 1.31 bits per heavy atom. The van der Waals surface area contributed by atoms with Gasteiger partial charge < -0.3 is 4.55 Å². The second-order valence-corrected chi connectivity index (χ2v) is 6.20. The van der Waals surface area contributed by atoms with Crippen molar-refractivity contribution in [3.63, 3.8) is 0 Å². The molecule has 0 spiro atoms. The molecule has 1 atom stereocenters. The molecule has 2 nitrogen and oxygen atoms in total. The van der Waals surface area contributed by atoms with Crippen molar-refractivity contribution in [3.05, 3.63) is 35.4 Å². The van der Waals surface area contributed by atoms with Crippen LogP contribution in [0.5, 0.6) is 0 Å². The number of nitrogens with zero attached hydrogens (tertiary/aromatic N) is 1. The van der Waals surface area contributed by atoms with Crippen LogP contribution in [0.4, 0.5) is 8.78 Å². The maximum absolute atomic E-state index is 13.2. The zero-order valence-electron chi connectivity index (χ0n) is 9.33. The lowest BCUT2D eigenvalue weighted by molar-refractivity contribution is 0.561. The maximum atomic E-state index is 13.2. The maximum Gasteiger partial charge on any atom is 0.144 e. The van der Waals surface area contributed by atoms with Gasteiger partial charge in [-0.2, -0.15) is 0 Å². The van der Waals surface area contributed by atoms with E-state index in [1.165, 1.54) is 6.07 Å². The summed E-state index contributed by atoms with van der Waals surface area (Å²) in [7, 11) is 0. The normalized spacial score (nSPS) is 14.4. The SMILES string of the molecule is CC(C)(C)[S@@+]([O-])N=Cc1ccc(F)cc1F. The van der Waals surface area contributed by atoms with E-state index in [0.717, 1.165) is 18.3 Å². The van der Waals surface area contributed by atoms with Crippen LogP contribution in [-0.2, 0) is 11.4 Å². The molecule has 1 aromatic carbocycles. The lowest BCUT2D eigenvalue weighted by atomic mass is 10.2. The summed E-state index contributed by atoms with van der Waals surface area (Å²) < 4.78 is 40.5. The molecule has 1 rings (SSSR count). The number of hydrogen-bond donors (Lipinski definition) is 0. The highest BCUT2D eigenvalue weighted by molar-refractivity contribution is 7.91. The molecule has 0 aliphatic heterocycles. The van der Waals surface area contributed by atoms with E-state index in [2.05, 4.69) is 4.40 Å². The Morgan fingerprint density at radius 3 is 2.44 bits per heavy atom. The van der Waals surface area contributed by atoms with Crippen LogP contribution in [0.2, 0.25) is 0 Å². The summed E-state index contributed by atoms with van der Waals surface area (Å²) in [6.45, 7) is 5.30. The summed E-state index contributed by atoms with van der Waals surface area (Å²) >= 11 is -1.44. The molecule has 0 aliphatic carbocycles. The van der Waals surface area contributed by atoms with Crippen LogP contribution >= 0.6 is 0 Å². The Kier molecular flexibility index (Phi) is 4.04. The molecule has 1 aromatic rings. The van der Waals surface area contributed by atoms with Crippen LogP contribution < -0.4 is 0 Å². The van der Waals surface area contributed by atoms with Gasteiger partial charge in [0, 0.05) is 11.6 Å². The van der Waals surface area contributed by atoms with Gasteiger partial charge in [0.2, 0.25) is 0 Å². The van der Waals surface area contributed by atoms with Crippen molar-refractivity contribution in [2.75, 3.05) is 0 Å². The predicted octanol–water partition coefficient (Wildman–Crippen LogP) is 2.85. The minimum Gasteiger partial charge on any atom is -0.591 e. The van der Waals surface area contributed by atoms with Crippen molar-refractivity contribution < 1.29 is 13.3 Å². The summed E-state index contributed by atoms with van der Waals surface area (Å²) in [4.78, 5) is 0. The van der Waals surface area contributed by atoms with E-state index in [1.807, 2.05) is 0 Å². The topological polar surface area (TPSA) is 35.4 Å². The summed E-state index contributed by atoms with van der Waals surface area (Å²) in [6, 6.07) is 3.15. The average molecular weight is 245 g/mol. The third-order valence-electron chi connectivity index (χ3n) is 1.77. The van der Waals surface area contributed by atoms with Crippen molar-refractivity contribution in [2.45, 2.75) is 25.5 Å². The van der Waals surface area contributed by atoms with Crippen molar-refractivity contribution in [3.8, 4) is 0 Å². The number of rotatable bonds is 2. The number of halogens is 2. The van der Waals surface area contributed by atoms with Crippen LogP contribution in [0, 0.1) is 11.6 Å². The molecule has 0 aliphatic rings. The second-order valence-electron chi connectivity index (χ2n) is 4.26.